The van der Waals surface area contributed by atoms with E-state index in [0.717, 1.165) is 72.9 Å². The predicted octanol–water partition coefficient (Wildman–Crippen LogP) is 12.4. The number of hydrogen-bond acceptors (Lipinski definition) is 4. The summed E-state index contributed by atoms with van der Waals surface area (Å²) in [4.78, 5) is 9.75. The Morgan fingerprint density at radius 1 is 0.429 bits per heavy atom. The van der Waals surface area contributed by atoms with Crippen LogP contribution in [0.2, 0.25) is 0 Å². The molecule has 10 aromatic rings. The number of hydrogen-bond donors (Lipinski definition) is 0. The standard InChI is InChI=1S/C50H35N5O/c1-4-15-35(16-5-1)49-33-52(34-53(49)36-17-6-2-7-18-36)38-21-14-22-39(29-38)56-40-27-28-43-41-23-10-13-26-46(41)55(47(43)30-40)50-31-48-44(32-51-50)42-24-11-12-25-45(42)54(48)37-19-8-3-9-20-37/h1-33H,34H2. The summed E-state index contributed by atoms with van der Waals surface area (Å²) >= 11 is 0. The lowest BCUT2D eigenvalue weighted by Gasteiger charge is -2.24. The van der Waals surface area contributed by atoms with Crippen LogP contribution in [0.15, 0.2) is 200 Å². The van der Waals surface area contributed by atoms with E-state index in [2.05, 4.69) is 207 Å². The fraction of sp³-hybridized carbons (Fsp3) is 0.0200. The van der Waals surface area contributed by atoms with E-state index in [1.807, 2.05) is 12.3 Å². The van der Waals surface area contributed by atoms with Crippen LogP contribution in [0.1, 0.15) is 5.56 Å². The van der Waals surface area contributed by atoms with Crippen molar-refractivity contribution in [2.75, 3.05) is 16.5 Å². The lowest BCUT2D eigenvalue weighted by molar-refractivity contribution is 0.483. The van der Waals surface area contributed by atoms with E-state index in [1.54, 1.807) is 0 Å². The molecule has 0 saturated heterocycles. The number of benzene rings is 7. The second-order valence-electron chi connectivity index (χ2n) is 14.1. The molecule has 0 saturated carbocycles. The maximum Gasteiger partial charge on any atom is 0.139 e. The molecule has 0 fully saturated rings. The van der Waals surface area contributed by atoms with Gasteiger partial charge in [0.05, 0.1) is 34.4 Å². The minimum atomic E-state index is 0.685. The van der Waals surface area contributed by atoms with Gasteiger partial charge < -0.3 is 19.1 Å². The molecule has 56 heavy (non-hydrogen) atoms. The van der Waals surface area contributed by atoms with Gasteiger partial charge in [0.1, 0.15) is 17.3 Å². The van der Waals surface area contributed by atoms with Gasteiger partial charge in [-0.05, 0) is 66.2 Å². The Balaban J connectivity index is 0.989. The highest BCUT2D eigenvalue weighted by Gasteiger charge is 2.25. The fourth-order valence-electron chi connectivity index (χ4n) is 8.26. The maximum atomic E-state index is 6.68. The maximum absolute atomic E-state index is 6.68. The smallest absolute Gasteiger partial charge is 0.139 e. The molecule has 7 aromatic carbocycles. The van der Waals surface area contributed by atoms with Gasteiger partial charge in [-0.2, -0.15) is 0 Å². The third-order valence-corrected chi connectivity index (χ3v) is 10.8. The first kappa shape index (κ1) is 31.9. The van der Waals surface area contributed by atoms with Crippen LogP contribution < -0.4 is 14.5 Å². The number of fused-ring (bicyclic) bond motifs is 6. The van der Waals surface area contributed by atoms with Crippen molar-refractivity contribution in [3.63, 3.8) is 0 Å². The average Bonchev–Trinajstić information content (AvgIpc) is 3.95. The molecule has 0 unspecified atom stereocenters. The molecule has 1 aliphatic heterocycles. The summed E-state index contributed by atoms with van der Waals surface area (Å²) in [6.45, 7) is 0.685. The number of aromatic nitrogens is 3. The molecular weight excluding hydrogens is 687 g/mol. The molecular formula is C50H35N5O. The number of ether oxygens (including phenoxy) is 1. The first-order chi connectivity index (χ1) is 27.8. The van der Waals surface area contributed by atoms with E-state index in [9.17, 15) is 0 Å². The molecule has 1 aliphatic rings. The summed E-state index contributed by atoms with van der Waals surface area (Å²) in [5.41, 5.74) is 10.0. The zero-order valence-electron chi connectivity index (χ0n) is 30.4. The van der Waals surface area contributed by atoms with Crippen LogP contribution in [0.4, 0.5) is 11.4 Å². The monoisotopic (exact) mass is 721 g/mol. The van der Waals surface area contributed by atoms with Crippen molar-refractivity contribution in [3.05, 3.63) is 206 Å². The molecule has 4 heterocycles. The van der Waals surface area contributed by atoms with E-state index in [0.29, 0.717) is 6.67 Å². The van der Waals surface area contributed by atoms with E-state index in [-0.39, 0.29) is 0 Å². The van der Waals surface area contributed by atoms with E-state index in [4.69, 9.17) is 9.72 Å². The predicted molar refractivity (Wildman–Crippen MR) is 230 cm³/mol. The molecule has 6 nitrogen and oxygen atoms in total. The topological polar surface area (TPSA) is 38.5 Å². The van der Waals surface area contributed by atoms with Gasteiger partial charge in [-0.25, -0.2) is 4.98 Å². The van der Waals surface area contributed by atoms with Crippen LogP contribution >= 0.6 is 0 Å². The normalized spacial score (nSPS) is 13.0. The van der Waals surface area contributed by atoms with Crippen molar-refractivity contribution >= 4 is 60.7 Å². The van der Waals surface area contributed by atoms with Crippen molar-refractivity contribution in [1.29, 1.82) is 0 Å². The van der Waals surface area contributed by atoms with Crippen molar-refractivity contribution in [2.45, 2.75) is 0 Å². The summed E-state index contributed by atoms with van der Waals surface area (Å²) in [5.74, 6) is 2.37. The molecule has 3 aromatic heterocycles. The van der Waals surface area contributed by atoms with Crippen molar-refractivity contribution in [2.24, 2.45) is 0 Å². The van der Waals surface area contributed by atoms with Crippen LogP contribution in [0.25, 0.3) is 60.8 Å². The Bertz CT molecular complexity index is 3090. The van der Waals surface area contributed by atoms with Gasteiger partial charge in [-0.1, -0.05) is 109 Å². The number of para-hydroxylation sites is 4. The Morgan fingerprint density at radius 3 is 1.79 bits per heavy atom. The summed E-state index contributed by atoms with van der Waals surface area (Å²) in [6.07, 6.45) is 4.25. The Labute approximate surface area is 324 Å². The van der Waals surface area contributed by atoms with E-state index < -0.39 is 0 Å². The molecule has 0 spiro atoms. The molecule has 0 atom stereocenters. The summed E-state index contributed by atoms with van der Waals surface area (Å²) in [7, 11) is 0. The highest BCUT2D eigenvalue weighted by atomic mass is 16.5. The molecule has 266 valence electrons. The van der Waals surface area contributed by atoms with Crippen LogP contribution in [0.3, 0.4) is 0 Å². The average molecular weight is 722 g/mol. The SMILES string of the molecule is C1=C(c2ccccc2)N(c2ccccc2)CN1c1cccc(Oc2ccc3c4ccccc4n(-c4cc5c(cn4)c4ccccc4n5-c4ccccc4)c3c2)c1. The lowest BCUT2D eigenvalue weighted by Crippen LogP contribution is -2.26. The highest BCUT2D eigenvalue weighted by Crippen LogP contribution is 2.39. The minimum Gasteiger partial charge on any atom is -0.457 e. The molecule has 11 rings (SSSR count). The lowest BCUT2D eigenvalue weighted by atomic mass is 10.1. The largest absolute Gasteiger partial charge is 0.457 e. The van der Waals surface area contributed by atoms with Gasteiger partial charge in [0.25, 0.3) is 0 Å². The number of anilines is 2. The van der Waals surface area contributed by atoms with Crippen LogP contribution in [-0.2, 0) is 0 Å². The van der Waals surface area contributed by atoms with E-state index >= 15 is 0 Å². The van der Waals surface area contributed by atoms with Gasteiger partial charge in [-0.3, -0.25) is 4.57 Å². The van der Waals surface area contributed by atoms with Crippen molar-refractivity contribution < 1.29 is 4.74 Å². The van der Waals surface area contributed by atoms with Crippen LogP contribution in [-0.4, -0.2) is 20.8 Å². The quantitative estimate of drug-likeness (QED) is 0.164. The highest BCUT2D eigenvalue weighted by molar-refractivity contribution is 6.11. The zero-order valence-corrected chi connectivity index (χ0v) is 30.4. The Hall–Kier alpha value is -7.57. The van der Waals surface area contributed by atoms with Gasteiger partial charge in [0, 0.05) is 69.2 Å². The van der Waals surface area contributed by atoms with Crippen LogP contribution in [0.5, 0.6) is 11.5 Å². The first-order valence-electron chi connectivity index (χ1n) is 18.9. The number of rotatable bonds is 7. The van der Waals surface area contributed by atoms with Crippen molar-refractivity contribution in [3.8, 4) is 23.0 Å². The third-order valence-electron chi connectivity index (χ3n) is 10.8. The minimum absolute atomic E-state index is 0.685. The summed E-state index contributed by atoms with van der Waals surface area (Å²) in [5, 5.41) is 4.61. The molecule has 0 N–H and O–H groups in total. The second kappa shape index (κ2) is 13.1. The van der Waals surface area contributed by atoms with Crippen molar-refractivity contribution in [1.82, 2.24) is 14.1 Å². The molecule has 6 heteroatoms. The number of pyridine rings is 1. The van der Waals surface area contributed by atoms with Gasteiger partial charge in [0.2, 0.25) is 0 Å². The summed E-state index contributed by atoms with van der Waals surface area (Å²) in [6, 6.07) is 65.7. The molecule has 0 bridgehead atoms. The van der Waals surface area contributed by atoms with E-state index in [1.165, 1.54) is 16.3 Å². The Kier molecular flexibility index (Phi) is 7.45. The molecule has 0 radical (unpaired) electrons. The molecule has 0 aliphatic carbocycles. The Morgan fingerprint density at radius 2 is 1.02 bits per heavy atom. The molecule has 0 amide bonds. The van der Waals surface area contributed by atoms with Gasteiger partial charge in [-0.15, -0.1) is 0 Å². The number of nitrogens with zero attached hydrogens (tertiary/aromatic N) is 5. The zero-order chi connectivity index (χ0) is 37.0. The van der Waals surface area contributed by atoms with Gasteiger partial charge >= 0.3 is 0 Å². The second-order valence-corrected chi connectivity index (χ2v) is 14.1. The summed E-state index contributed by atoms with van der Waals surface area (Å²) < 4.78 is 11.3. The van der Waals surface area contributed by atoms with Gasteiger partial charge in [0.15, 0.2) is 0 Å². The van der Waals surface area contributed by atoms with Crippen LogP contribution in [0, 0.1) is 0 Å². The third kappa shape index (κ3) is 5.30. The first-order valence-corrected chi connectivity index (χ1v) is 18.9. The fourth-order valence-corrected chi connectivity index (χ4v) is 8.26.